The lowest BCUT2D eigenvalue weighted by Crippen LogP contribution is -2.11. The van der Waals surface area contributed by atoms with Crippen molar-refractivity contribution in [1.29, 1.82) is 5.26 Å². The van der Waals surface area contributed by atoms with Crippen molar-refractivity contribution < 1.29 is 9.34 Å². The number of H-pyrrole nitrogens is 1. The van der Waals surface area contributed by atoms with E-state index in [1.54, 1.807) is 24.3 Å². The first-order chi connectivity index (χ1) is 14.9. The Morgan fingerprint density at radius 2 is 2.00 bits per heavy atom. The monoisotopic (exact) mass is 452 g/mol. The van der Waals surface area contributed by atoms with Crippen molar-refractivity contribution in [2.45, 2.75) is 0 Å². The smallest absolute Gasteiger partial charge is 0.270 e. The molecule has 0 fully saturated rings. The standard InChI is InChI=1S/C21H10Cl2N4O4/c22-12-1-5-18-16(8-12)21(28)26-20(25-18)11(10-24)7-14-3-6-19(31-14)15-4-2-13(27(29)30)9-17(15)23/h1-9H,(H,25,26,28)/b11-7+. The number of rotatable bonds is 4. The normalized spacial score (nSPS) is 11.5. The van der Waals surface area contributed by atoms with Gasteiger partial charge in [-0.1, -0.05) is 23.2 Å². The topological polar surface area (TPSA) is 126 Å². The van der Waals surface area contributed by atoms with Crippen LogP contribution >= 0.6 is 23.2 Å². The van der Waals surface area contributed by atoms with Crippen LogP contribution in [0.5, 0.6) is 0 Å². The molecular weight excluding hydrogens is 443 g/mol. The SMILES string of the molecule is N#C/C(=C\c1ccc(-c2ccc([N+](=O)[O-])cc2Cl)o1)c1nc2ccc(Cl)cc2c(=O)[nH]1. The number of aromatic nitrogens is 2. The lowest BCUT2D eigenvalue weighted by atomic mass is 10.1. The average molecular weight is 453 g/mol. The number of hydrogen-bond acceptors (Lipinski definition) is 6. The van der Waals surface area contributed by atoms with E-state index in [0.717, 1.165) is 0 Å². The van der Waals surface area contributed by atoms with Gasteiger partial charge in [0.2, 0.25) is 0 Å². The summed E-state index contributed by atoms with van der Waals surface area (Å²) >= 11 is 12.1. The van der Waals surface area contributed by atoms with E-state index in [9.17, 15) is 20.2 Å². The van der Waals surface area contributed by atoms with Crippen molar-refractivity contribution in [2.75, 3.05) is 0 Å². The number of aromatic amines is 1. The fourth-order valence-electron chi connectivity index (χ4n) is 2.93. The van der Waals surface area contributed by atoms with Gasteiger partial charge in [0.1, 0.15) is 17.6 Å². The summed E-state index contributed by atoms with van der Waals surface area (Å²) in [5, 5.41) is 21.3. The van der Waals surface area contributed by atoms with E-state index in [4.69, 9.17) is 27.6 Å². The number of furan rings is 1. The molecule has 0 unspecified atom stereocenters. The Morgan fingerprint density at radius 3 is 2.71 bits per heavy atom. The number of nitro groups is 1. The quantitative estimate of drug-likeness (QED) is 0.248. The maximum Gasteiger partial charge on any atom is 0.270 e. The summed E-state index contributed by atoms with van der Waals surface area (Å²) in [6.45, 7) is 0. The summed E-state index contributed by atoms with van der Waals surface area (Å²) in [5.41, 5.74) is 0.354. The lowest BCUT2D eigenvalue weighted by molar-refractivity contribution is -0.384. The molecule has 0 atom stereocenters. The maximum absolute atomic E-state index is 12.3. The van der Waals surface area contributed by atoms with Crippen LogP contribution in [0.3, 0.4) is 0 Å². The number of nitro benzene ring substituents is 1. The summed E-state index contributed by atoms with van der Waals surface area (Å²) in [6.07, 6.45) is 1.42. The largest absolute Gasteiger partial charge is 0.457 e. The summed E-state index contributed by atoms with van der Waals surface area (Å²) in [5.74, 6) is 0.742. The maximum atomic E-state index is 12.3. The van der Waals surface area contributed by atoms with E-state index in [2.05, 4.69) is 9.97 Å². The number of benzene rings is 2. The number of nitriles is 1. The van der Waals surface area contributed by atoms with Crippen molar-refractivity contribution >= 4 is 51.4 Å². The van der Waals surface area contributed by atoms with Gasteiger partial charge < -0.3 is 9.40 Å². The third-order valence-corrected chi connectivity index (χ3v) is 4.93. The number of nitrogens with zero attached hydrogens (tertiary/aromatic N) is 3. The van der Waals surface area contributed by atoms with E-state index < -0.39 is 10.5 Å². The van der Waals surface area contributed by atoms with Gasteiger partial charge in [-0.25, -0.2) is 4.98 Å². The van der Waals surface area contributed by atoms with Crippen LogP contribution in [0.1, 0.15) is 11.6 Å². The molecule has 10 heteroatoms. The van der Waals surface area contributed by atoms with Gasteiger partial charge >= 0.3 is 0 Å². The predicted octanol–water partition coefficient (Wildman–Crippen LogP) is 5.46. The molecule has 0 bridgehead atoms. The molecule has 1 N–H and O–H groups in total. The van der Waals surface area contributed by atoms with Gasteiger partial charge in [0.25, 0.3) is 11.2 Å². The summed E-state index contributed by atoms with van der Waals surface area (Å²) in [7, 11) is 0. The van der Waals surface area contributed by atoms with Crippen molar-refractivity contribution in [2.24, 2.45) is 0 Å². The summed E-state index contributed by atoms with van der Waals surface area (Å²) in [4.78, 5) is 29.6. The second-order valence-corrected chi connectivity index (χ2v) is 7.21. The van der Waals surface area contributed by atoms with Crippen molar-refractivity contribution in [3.8, 4) is 17.4 Å². The molecule has 0 saturated carbocycles. The summed E-state index contributed by atoms with van der Waals surface area (Å²) in [6, 6.07) is 13.9. The van der Waals surface area contributed by atoms with Gasteiger partial charge in [-0.3, -0.25) is 14.9 Å². The van der Waals surface area contributed by atoms with E-state index in [0.29, 0.717) is 33.0 Å². The molecule has 2 aromatic carbocycles. The highest BCUT2D eigenvalue weighted by molar-refractivity contribution is 6.33. The lowest BCUT2D eigenvalue weighted by Gasteiger charge is -2.02. The molecule has 0 saturated heterocycles. The number of allylic oxidation sites excluding steroid dienone is 1. The molecule has 31 heavy (non-hydrogen) atoms. The predicted molar refractivity (Wildman–Crippen MR) is 117 cm³/mol. The molecular formula is C21H10Cl2N4O4. The molecule has 0 radical (unpaired) electrons. The highest BCUT2D eigenvalue weighted by Crippen LogP contribution is 2.33. The molecule has 0 aliphatic rings. The van der Waals surface area contributed by atoms with Crippen LogP contribution in [0, 0.1) is 21.4 Å². The van der Waals surface area contributed by atoms with Crippen LogP contribution in [-0.2, 0) is 0 Å². The molecule has 2 heterocycles. The summed E-state index contributed by atoms with van der Waals surface area (Å²) < 4.78 is 5.72. The Bertz CT molecular complexity index is 1480. The Labute approximate surface area is 184 Å². The number of non-ortho nitro benzene ring substituents is 1. The van der Waals surface area contributed by atoms with Crippen LogP contribution in [-0.4, -0.2) is 14.9 Å². The molecule has 4 rings (SSSR count). The Kier molecular flexibility index (Phi) is 5.29. The third kappa shape index (κ3) is 4.05. The van der Waals surface area contributed by atoms with Crippen molar-refractivity contribution in [3.63, 3.8) is 0 Å². The van der Waals surface area contributed by atoms with Gasteiger partial charge in [-0.15, -0.1) is 0 Å². The van der Waals surface area contributed by atoms with Crippen molar-refractivity contribution in [1.82, 2.24) is 9.97 Å². The molecule has 0 spiro atoms. The van der Waals surface area contributed by atoms with Gasteiger partial charge in [-0.05, 0) is 36.4 Å². The fraction of sp³-hybridized carbons (Fsp3) is 0. The molecule has 2 aromatic heterocycles. The Balaban J connectivity index is 1.72. The highest BCUT2D eigenvalue weighted by Gasteiger charge is 2.14. The zero-order chi connectivity index (χ0) is 22.1. The van der Waals surface area contributed by atoms with Crippen LogP contribution in [0.4, 0.5) is 5.69 Å². The number of hydrogen-bond donors (Lipinski definition) is 1. The molecule has 4 aromatic rings. The van der Waals surface area contributed by atoms with E-state index in [-0.39, 0.29) is 22.1 Å². The molecule has 0 amide bonds. The second-order valence-electron chi connectivity index (χ2n) is 6.37. The van der Waals surface area contributed by atoms with Crippen LogP contribution in [0.2, 0.25) is 10.0 Å². The van der Waals surface area contributed by atoms with Crippen LogP contribution in [0.15, 0.2) is 57.7 Å². The molecule has 152 valence electrons. The second kappa shape index (κ2) is 8.07. The van der Waals surface area contributed by atoms with Gasteiger partial charge in [0.15, 0.2) is 5.82 Å². The number of nitrogens with one attached hydrogen (secondary N) is 1. The van der Waals surface area contributed by atoms with E-state index in [1.807, 2.05) is 6.07 Å². The minimum Gasteiger partial charge on any atom is -0.457 e. The van der Waals surface area contributed by atoms with E-state index in [1.165, 1.54) is 30.3 Å². The van der Waals surface area contributed by atoms with Crippen LogP contribution in [0.25, 0.3) is 33.9 Å². The fourth-order valence-corrected chi connectivity index (χ4v) is 3.37. The first-order valence-corrected chi connectivity index (χ1v) is 9.47. The molecule has 0 aliphatic carbocycles. The van der Waals surface area contributed by atoms with Gasteiger partial charge in [-0.2, -0.15) is 5.26 Å². The Morgan fingerprint density at radius 1 is 1.19 bits per heavy atom. The highest BCUT2D eigenvalue weighted by atomic mass is 35.5. The first kappa shape index (κ1) is 20.3. The Hall–Kier alpha value is -3.93. The average Bonchev–Trinajstić information content (AvgIpc) is 3.20. The zero-order valence-electron chi connectivity index (χ0n) is 15.4. The molecule has 0 aliphatic heterocycles. The van der Waals surface area contributed by atoms with Crippen LogP contribution < -0.4 is 5.56 Å². The number of fused-ring (bicyclic) bond motifs is 1. The van der Waals surface area contributed by atoms with Gasteiger partial charge in [0, 0.05) is 28.8 Å². The third-order valence-electron chi connectivity index (χ3n) is 4.39. The number of halogens is 2. The molecule has 8 nitrogen and oxygen atoms in total. The minimum absolute atomic E-state index is 0.0737. The van der Waals surface area contributed by atoms with Gasteiger partial charge in [0.05, 0.1) is 26.4 Å². The van der Waals surface area contributed by atoms with E-state index >= 15 is 0 Å². The first-order valence-electron chi connectivity index (χ1n) is 8.71. The van der Waals surface area contributed by atoms with Crippen molar-refractivity contribution in [3.05, 3.63) is 90.6 Å². The minimum atomic E-state index is -0.545. The zero-order valence-corrected chi connectivity index (χ0v) is 16.9.